The minimum Gasteiger partial charge on any atom is -0.373 e. The van der Waals surface area contributed by atoms with Gasteiger partial charge in [0.2, 0.25) is 0 Å². The Hall–Kier alpha value is -1.98. The predicted molar refractivity (Wildman–Crippen MR) is 94.5 cm³/mol. The molecule has 0 unspecified atom stereocenters. The quantitative estimate of drug-likeness (QED) is 0.776. The summed E-state index contributed by atoms with van der Waals surface area (Å²) >= 11 is 1.28. The fourth-order valence-corrected chi connectivity index (χ4v) is 3.68. The molecule has 0 bridgehead atoms. The van der Waals surface area contributed by atoms with Crippen LogP contribution in [0, 0.1) is 0 Å². The van der Waals surface area contributed by atoms with Crippen molar-refractivity contribution in [3.63, 3.8) is 0 Å². The van der Waals surface area contributed by atoms with Gasteiger partial charge in [-0.15, -0.1) is 11.3 Å². The van der Waals surface area contributed by atoms with Crippen molar-refractivity contribution >= 4 is 23.0 Å². The maximum Gasteiger partial charge on any atom is 0.263 e. The monoisotopic (exact) mass is 343 g/mol. The van der Waals surface area contributed by atoms with Gasteiger partial charge in [0.1, 0.15) is 0 Å². The Kier molecular flexibility index (Phi) is 5.43. The van der Waals surface area contributed by atoms with Crippen molar-refractivity contribution in [1.82, 2.24) is 4.90 Å². The summed E-state index contributed by atoms with van der Waals surface area (Å²) in [5.41, 5.74) is 1.17. The minimum absolute atomic E-state index is 0.00655. The molecule has 0 aliphatic carbocycles. The molecule has 1 fully saturated rings. The number of amides is 1. The number of likely N-dealkylation sites (tertiary alicyclic amines) is 1. The largest absolute Gasteiger partial charge is 0.373 e. The fraction of sp³-hybridized carbons (Fsp3) is 0.368. The van der Waals surface area contributed by atoms with E-state index in [0.29, 0.717) is 29.5 Å². The summed E-state index contributed by atoms with van der Waals surface area (Å²) in [6, 6.07) is 13.6. The van der Waals surface area contributed by atoms with Crippen LogP contribution in [0.4, 0.5) is 0 Å². The number of benzene rings is 1. The van der Waals surface area contributed by atoms with E-state index in [1.165, 1.54) is 23.8 Å². The zero-order valence-electron chi connectivity index (χ0n) is 13.7. The smallest absolute Gasteiger partial charge is 0.263 e. The molecule has 0 radical (unpaired) electrons. The van der Waals surface area contributed by atoms with E-state index in [-0.39, 0.29) is 17.8 Å². The summed E-state index contributed by atoms with van der Waals surface area (Å²) in [6.07, 6.45) is 1.90. The first-order valence-corrected chi connectivity index (χ1v) is 9.00. The summed E-state index contributed by atoms with van der Waals surface area (Å²) < 4.78 is 5.96. The molecule has 1 aromatic carbocycles. The van der Waals surface area contributed by atoms with Gasteiger partial charge in [-0.25, -0.2) is 0 Å². The van der Waals surface area contributed by atoms with E-state index in [1.54, 1.807) is 12.1 Å². The van der Waals surface area contributed by atoms with Gasteiger partial charge in [-0.2, -0.15) is 0 Å². The summed E-state index contributed by atoms with van der Waals surface area (Å²) in [5.74, 6) is 0.0288. The van der Waals surface area contributed by atoms with E-state index >= 15 is 0 Å². The number of piperidine rings is 1. The van der Waals surface area contributed by atoms with Crippen LogP contribution >= 0.6 is 11.3 Å². The Labute approximate surface area is 146 Å². The van der Waals surface area contributed by atoms with Gasteiger partial charge in [-0.05, 0) is 37.5 Å². The molecule has 0 atom stereocenters. The van der Waals surface area contributed by atoms with E-state index < -0.39 is 0 Å². The summed E-state index contributed by atoms with van der Waals surface area (Å²) in [7, 11) is 0. The van der Waals surface area contributed by atoms with Crippen LogP contribution in [-0.4, -0.2) is 35.8 Å². The Morgan fingerprint density at radius 1 is 1.08 bits per heavy atom. The van der Waals surface area contributed by atoms with Crippen LogP contribution < -0.4 is 0 Å². The second kappa shape index (κ2) is 7.73. The van der Waals surface area contributed by atoms with Crippen molar-refractivity contribution in [3.8, 4) is 0 Å². The topological polar surface area (TPSA) is 46.6 Å². The van der Waals surface area contributed by atoms with Gasteiger partial charge >= 0.3 is 0 Å². The summed E-state index contributed by atoms with van der Waals surface area (Å²) in [4.78, 5) is 27.0. The first kappa shape index (κ1) is 16.9. The van der Waals surface area contributed by atoms with Crippen molar-refractivity contribution in [3.05, 3.63) is 57.8 Å². The van der Waals surface area contributed by atoms with E-state index in [1.807, 2.05) is 23.1 Å². The van der Waals surface area contributed by atoms with Gasteiger partial charge in [0, 0.05) is 13.1 Å². The molecule has 0 spiro atoms. The van der Waals surface area contributed by atoms with Crippen molar-refractivity contribution in [2.24, 2.45) is 0 Å². The van der Waals surface area contributed by atoms with E-state index in [9.17, 15) is 9.59 Å². The second-order valence-corrected chi connectivity index (χ2v) is 7.09. The van der Waals surface area contributed by atoms with Gasteiger partial charge < -0.3 is 9.64 Å². The SMILES string of the molecule is CC(=O)c1ccc(C(=O)N2CCC(OCc3ccccc3)CC2)s1. The normalized spacial score (nSPS) is 15.5. The first-order chi connectivity index (χ1) is 11.6. The molecular formula is C19H21NO3S. The highest BCUT2D eigenvalue weighted by Gasteiger charge is 2.25. The third-order valence-corrected chi connectivity index (χ3v) is 5.40. The molecule has 3 rings (SSSR count). The highest BCUT2D eigenvalue weighted by atomic mass is 32.1. The molecule has 1 aliphatic rings. The average Bonchev–Trinajstić information content (AvgIpc) is 3.11. The van der Waals surface area contributed by atoms with Crippen molar-refractivity contribution in [1.29, 1.82) is 0 Å². The van der Waals surface area contributed by atoms with E-state index in [2.05, 4.69) is 12.1 Å². The Morgan fingerprint density at radius 2 is 1.75 bits per heavy atom. The maximum atomic E-state index is 12.5. The molecule has 4 nitrogen and oxygen atoms in total. The van der Waals surface area contributed by atoms with Crippen LogP contribution in [-0.2, 0) is 11.3 Å². The molecule has 0 N–H and O–H groups in total. The Balaban J connectivity index is 1.49. The number of ether oxygens (including phenoxy) is 1. The molecule has 5 heteroatoms. The Morgan fingerprint density at radius 3 is 2.38 bits per heavy atom. The van der Waals surface area contributed by atoms with E-state index in [0.717, 1.165) is 12.8 Å². The minimum atomic E-state index is 0.00655. The number of carbonyl (C=O) groups is 2. The Bertz CT molecular complexity index is 702. The number of hydrogen-bond donors (Lipinski definition) is 0. The zero-order valence-corrected chi connectivity index (χ0v) is 14.6. The molecular weight excluding hydrogens is 322 g/mol. The maximum absolute atomic E-state index is 12.5. The average molecular weight is 343 g/mol. The van der Waals surface area contributed by atoms with E-state index in [4.69, 9.17) is 4.74 Å². The van der Waals surface area contributed by atoms with Crippen LogP contribution in [0.3, 0.4) is 0 Å². The summed E-state index contributed by atoms with van der Waals surface area (Å²) in [5, 5.41) is 0. The van der Waals surface area contributed by atoms with Crippen LogP contribution in [0.15, 0.2) is 42.5 Å². The van der Waals surface area contributed by atoms with Crippen LogP contribution in [0.1, 0.15) is 44.7 Å². The molecule has 2 heterocycles. The third kappa shape index (κ3) is 4.10. The van der Waals surface area contributed by atoms with Crippen molar-refractivity contribution in [2.75, 3.05) is 13.1 Å². The zero-order chi connectivity index (χ0) is 16.9. The number of ketones is 1. The van der Waals surface area contributed by atoms with Gasteiger partial charge in [-0.1, -0.05) is 30.3 Å². The number of Topliss-reactive ketones (excluding diaryl/α,β-unsaturated/α-hetero) is 1. The lowest BCUT2D eigenvalue weighted by Gasteiger charge is -2.31. The van der Waals surface area contributed by atoms with Gasteiger partial charge in [-0.3, -0.25) is 9.59 Å². The van der Waals surface area contributed by atoms with Crippen LogP contribution in [0.2, 0.25) is 0 Å². The lowest BCUT2D eigenvalue weighted by atomic mass is 10.1. The fourth-order valence-electron chi connectivity index (χ4n) is 2.81. The predicted octanol–water partition coefficient (Wildman–Crippen LogP) is 3.77. The second-order valence-electron chi connectivity index (χ2n) is 6.01. The highest BCUT2D eigenvalue weighted by Crippen LogP contribution is 2.22. The number of rotatable bonds is 5. The standard InChI is InChI=1S/C19H21NO3S/c1-14(21)17-7-8-18(24-17)19(22)20-11-9-16(10-12-20)23-13-15-5-3-2-4-6-15/h2-8,16H,9-13H2,1H3. The van der Waals surface area contributed by atoms with Crippen LogP contribution in [0.25, 0.3) is 0 Å². The lowest BCUT2D eigenvalue weighted by molar-refractivity contribution is -0.000271. The lowest BCUT2D eigenvalue weighted by Crippen LogP contribution is -2.40. The van der Waals surface area contributed by atoms with Gasteiger partial charge in [0.25, 0.3) is 5.91 Å². The number of nitrogens with zero attached hydrogens (tertiary/aromatic N) is 1. The number of carbonyl (C=O) groups excluding carboxylic acids is 2. The summed E-state index contributed by atoms with van der Waals surface area (Å²) in [6.45, 7) is 3.54. The van der Waals surface area contributed by atoms with Gasteiger partial charge in [0.15, 0.2) is 5.78 Å². The molecule has 1 saturated heterocycles. The number of thiophene rings is 1. The third-order valence-electron chi connectivity index (χ3n) is 4.22. The van der Waals surface area contributed by atoms with Crippen LogP contribution in [0.5, 0.6) is 0 Å². The molecule has 24 heavy (non-hydrogen) atoms. The van der Waals surface area contributed by atoms with Crippen molar-refractivity contribution in [2.45, 2.75) is 32.5 Å². The molecule has 1 aliphatic heterocycles. The van der Waals surface area contributed by atoms with Gasteiger partial charge in [0.05, 0.1) is 22.5 Å². The molecule has 1 aromatic heterocycles. The van der Waals surface area contributed by atoms with Crippen molar-refractivity contribution < 1.29 is 14.3 Å². The molecule has 0 saturated carbocycles. The number of hydrogen-bond acceptors (Lipinski definition) is 4. The highest BCUT2D eigenvalue weighted by molar-refractivity contribution is 7.15. The molecule has 2 aromatic rings. The first-order valence-electron chi connectivity index (χ1n) is 8.19. The molecule has 126 valence electrons. The molecule has 1 amide bonds.